The smallest absolute Gasteiger partial charge is 0.317 e. The summed E-state index contributed by atoms with van der Waals surface area (Å²) in [6.07, 6.45) is 4.36. The van der Waals surface area contributed by atoms with E-state index in [-0.39, 0.29) is 12.1 Å². The van der Waals surface area contributed by atoms with Crippen molar-refractivity contribution in [2.75, 3.05) is 13.1 Å². The Hall–Kier alpha value is -2.50. The zero-order valence-electron chi connectivity index (χ0n) is 14.3. The van der Waals surface area contributed by atoms with Crippen molar-refractivity contribution in [2.24, 2.45) is 0 Å². The average molecular weight is 340 g/mol. The topological polar surface area (TPSA) is 70.2 Å². The van der Waals surface area contributed by atoms with Crippen molar-refractivity contribution < 1.29 is 9.53 Å². The van der Waals surface area contributed by atoms with E-state index in [1.165, 1.54) is 12.8 Å². The Bertz CT molecular complexity index is 703. The summed E-state index contributed by atoms with van der Waals surface area (Å²) in [6.45, 7) is 1.94. The Morgan fingerprint density at radius 3 is 2.68 bits per heavy atom. The van der Waals surface area contributed by atoms with Crippen LogP contribution in [0.4, 0.5) is 4.79 Å². The molecule has 2 amide bonds. The number of hydrogen-bond donors (Lipinski definition) is 2. The number of H-pyrrole nitrogens is 1. The summed E-state index contributed by atoms with van der Waals surface area (Å²) < 4.78 is 5.97. The number of aromatic nitrogens is 2. The number of amides is 2. The summed E-state index contributed by atoms with van der Waals surface area (Å²) in [4.78, 5) is 14.2. The fourth-order valence-electron chi connectivity index (χ4n) is 3.21. The summed E-state index contributed by atoms with van der Waals surface area (Å²) in [5.74, 6) is 1.53. The number of likely N-dealkylation sites (tertiary alicyclic amines) is 1. The largest absolute Gasteiger partial charge is 0.490 e. The minimum absolute atomic E-state index is 0.0132. The lowest BCUT2D eigenvalue weighted by atomic mass is 10.1. The average Bonchev–Trinajstić information content (AvgIpc) is 3.39. The third-order valence-electron chi connectivity index (χ3n) is 4.85. The molecule has 132 valence electrons. The summed E-state index contributed by atoms with van der Waals surface area (Å²) in [7, 11) is 0. The number of ether oxygens (including phenoxy) is 1. The molecule has 1 saturated carbocycles. The van der Waals surface area contributed by atoms with Crippen LogP contribution in [0, 0.1) is 0 Å². The second-order valence-electron chi connectivity index (χ2n) is 6.87. The Morgan fingerprint density at radius 2 is 1.96 bits per heavy atom. The molecule has 1 aliphatic carbocycles. The van der Waals surface area contributed by atoms with Crippen molar-refractivity contribution in [2.45, 2.75) is 44.2 Å². The summed E-state index contributed by atoms with van der Waals surface area (Å²) in [6, 6.07) is 11.9. The number of carbonyl (C=O) groups excluding carboxylic acids is 1. The molecule has 0 atom stereocenters. The van der Waals surface area contributed by atoms with Crippen LogP contribution in [0.5, 0.6) is 5.75 Å². The number of carbonyl (C=O) groups is 1. The van der Waals surface area contributed by atoms with Gasteiger partial charge in [0.1, 0.15) is 11.9 Å². The molecule has 1 aromatic carbocycles. The van der Waals surface area contributed by atoms with Gasteiger partial charge in [0.15, 0.2) is 0 Å². The first-order valence-corrected chi connectivity index (χ1v) is 9.06. The van der Waals surface area contributed by atoms with Gasteiger partial charge in [-0.05, 0) is 31.0 Å². The van der Waals surface area contributed by atoms with E-state index in [1.54, 1.807) is 0 Å². The fourth-order valence-corrected chi connectivity index (χ4v) is 3.21. The predicted octanol–water partition coefficient (Wildman–Crippen LogP) is 3.04. The fraction of sp³-hybridized carbons (Fsp3) is 0.474. The van der Waals surface area contributed by atoms with Crippen LogP contribution in [0.25, 0.3) is 0 Å². The number of hydrogen-bond acceptors (Lipinski definition) is 3. The van der Waals surface area contributed by atoms with Crippen LogP contribution in [-0.4, -0.2) is 40.3 Å². The zero-order valence-corrected chi connectivity index (χ0v) is 14.3. The highest BCUT2D eigenvalue weighted by Crippen LogP contribution is 2.38. The van der Waals surface area contributed by atoms with E-state index in [0.717, 1.165) is 43.1 Å². The number of nitrogens with zero attached hydrogens (tertiary/aromatic N) is 2. The van der Waals surface area contributed by atoms with Gasteiger partial charge in [-0.25, -0.2) is 4.79 Å². The van der Waals surface area contributed by atoms with Crippen molar-refractivity contribution in [3.05, 3.63) is 47.8 Å². The SMILES string of the molecule is O=C(NCc1cc(C2CC2)n[nH]1)N1CCC(Oc2ccccc2)CC1. The number of para-hydroxylation sites is 1. The molecule has 25 heavy (non-hydrogen) atoms. The van der Waals surface area contributed by atoms with Crippen LogP contribution in [0.1, 0.15) is 43.0 Å². The van der Waals surface area contributed by atoms with E-state index in [4.69, 9.17) is 4.74 Å². The van der Waals surface area contributed by atoms with Crippen molar-refractivity contribution in [1.82, 2.24) is 20.4 Å². The quantitative estimate of drug-likeness (QED) is 0.879. The van der Waals surface area contributed by atoms with E-state index >= 15 is 0 Å². The molecular formula is C19H24N4O2. The van der Waals surface area contributed by atoms with E-state index in [2.05, 4.69) is 21.6 Å². The summed E-state index contributed by atoms with van der Waals surface area (Å²) >= 11 is 0. The molecule has 2 aromatic rings. The van der Waals surface area contributed by atoms with Gasteiger partial charge in [-0.3, -0.25) is 5.10 Å². The van der Waals surface area contributed by atoms with Crippen LogP contribution in [-0.2, 0) is 6.54 Å². The standard InChI is InChI=1S/C19H24N4O2/c24-19(20-13-15-12-18(22-21-15)14-6-7-14)23-10-8-17(9-11-23)25-16-4-2-1-3-5-16/h1-5,12,14,17H,6-11,13H2,(H,20,24)(H,21,22). The number of piperidine rings is 1. The van der Waals surface area contributed by atoms with Crippen LogP contribution in [0.2, 0.25) is 0 Å². The summed E-state index contributed by atoms with van der Waals surface area (Å²) in [5, 5.41) is 10.3. The Balaban J connectivity index is 1.21. The van der Waals surface area contributed by atoms with E-state index in [0.29, 0.717) is 12.5 Å². The molecule has 2 N–H and O–H groups in total. The van der Waals surface area contributed by atoms with Gasteiger partial charge in [-0.15, -0.1) is 0 Å². The molecule has 0 unspecified atom stereocenters. The molecule has 6 heteroatoms. The number of urea groups is 1. The Labute approximate surface area is 147 Å². The molecule has 2 heterocycles. The van der Waals surface area contributed by atoms with Crippen molar-refractivity contribution in [3.63, 3.8) is 0 Å². The third-order valence-corrected chi connectivity index (χ3v) is 4.85. The maximum Gasteiger partial charge on any atom is 0.317 e. The molecule has 0 bridgehead atoms. The van der Waals surface area contributed by atoms with Crippen LogP contribution >= 0.6 is 0 Å². The lowest BCUT2D eigenvalue weighted by Crippen LogP contribution is -2.46. The van der Waals surface area contributed by atoms with Gasteiger partial charge in [0.25, 0.3) is 0 Å². The molecule has 0 radical (unpaired) electrons. The van der Waals surface area contributed by atoms with Crippen LogP contribution < -0.4 is 10.1 Å². The third kappa shape index (κ3) is 4.13. The molecule has 6 nitrogen and oxygen atoms in total. The lowest BCUT2D eigenvalue weighted by Gasteiger charge is -2.32. The zero-order chi connectivity index (χ0) is 17.1. The van der Waals surface area contributed by atoms with Gasteiger partial charge in [0.2, 0.25) is 0 Å². The molecule has 2 aliphatic rings. The number of aromatic amines is 1. The van der Waals surface area contributed by atoms with Gasteiger partial charge in [0.05, 0.1) is 17.9 Å². The van der Waals surface area contributed by atoms with Gasteiger partial charge < -0.3 is 15.0 Å². The van der Waals surface area contributed by atoms with Crippen LogP contribution in [0.3, 0.4) is 0 Å². The highest BCUT2D eigenvalue weighted by Gasteiger charge is 2.26. The van der Waals surface area contributed by atoms with Crippen molar-refractivity contribution >= 4 is 6.03 Å². The molecule has 2 fully saturated rings. The number of rotatable bonds is 5. The van der Waals surface area contributed by atoms with Gasteiger partial charge in [-0.2, -0.15) is 5.10 Å². The van der Waals surface area contributed by atoms with Gasteiger partial charge in [-0.1, -0.05) is 18.2 Å². The van der Waals surface area contributed by atoms with Gasteiger partial charge >= 0.3 is 6.03 Å². The van der Waals surface area contributed by atoms with Crippen LogP contribution in [0.15, 0.2) is 36.4 Å². The number of benzene rings is 1. The summed E-state index contributed by atoms with van der Waals surface area (Å²) in [5.41, 5.74) is 2.10. The normalized spacial score (nSPS) is 18.2. The van der Waals surface area contributed by atoms with Crippen molar-refractivity contribution in [1.29, 1.82) is 0 Å². The Kier molecular flexibility index (Phi) is 4.59. The molecular weight excluding hydrogens is 316 g/mol. The minimum atomic E-state index is -0.0132. The maximum atomic E-state index is 12.3. The highest BCUT2D eigenvalue weighted by molar-refractivity contribution is 5.74. The lowest BCUT2D eigenvalue weighted by molar-refractivity contribution is 0.111. The molecule has 1 aromatic heterocycles. The highest BCUT2D eigenvalue weighted by atomic mass is 16.5. The van der Waals surface area contributed by atoms with E-state index < -0.39 is 0 Å². The van der Waals surface area contributed by atoms with Gasteiger partial charge in [0, 0.05) is 31.8 Å². The number of nitrogens with one attached hydrogen (secondary N) is 2. The first kappa shape index (κ1) is 16.0. The molecule has 4 rings (SSSR count). The first-order chi connectivity index (χ1) is 12.3. The first-order valence-electron chi connectivity index (χ1n) is 9.06. The van der Waals surface area contributed by atoms with E-state index in [9.17, 15) is 4.79 Å². The molecule has 0 spiro atoms. The molecule has 1 aliphatic heterocycles. The maximum absolute atomic E-state index is 12.3. The predicted molar refractivity (Wildman–Crippen MR) is 94.5 cm³/mol. The molecule has 1 saturated heterocycles. The monoisotopic (exact) mass is 340 g/mol. The second kappa shape index (κ2) is 7.17. The minimum Gasteiger partial charge on any atom is -0.490 e. The second-order valence-corrected chi connectivity index (χ2v) is 6.87. The Morgan fingerprint density at radius 1 is 1.20 bits per heavy atom. The van der Waals surface area contributed by atoms with E-state index in [1.807, 2.05) is 35.2 Å². The van der Waals surface area contributed by atoms with Crippen molar-refractivity contribution in [3.8, 4) is 5.75 Å².